The second kappa shape index (κ2) is 6.28. The summed E-state index contributed by atoms with van der Waals surface area (Å²) in [5, 5.41) is 2.78. The van der Waals surface area contributed by atoms with Crippen molar-refractivity contribution in [1.82, 2.24) is 5.32 Å². The number of rotatable bonds is 5. The van der Waals surface area contributed by atoms with Crippen molar-refractivity contribution in [2.75, 3.05) is 20.8 Å². The number of hydrogen-bond donors (Lipinski definition) is 1. The second-order valence-corrected chi connectivity index (χ2v) is 4.25. The summed E-state index contributed by atoms with van der Waals surface area (Å²) in [6.07, 6.45) is 0.722. The molecule has 1 amide bonds. The predicted octanol–water partition coefficient (Wildman–Crippen LogP) is 2.00. The molecule has 4 nitrogen and oxygen atoms in total. The van der Waals surface area contributed by atoms with Gasteiger partial charge in [-0.25, -0.2) is 0 Å². The van der Waals surface area contributed by atoms with Crippen LogP contribution in [0.3, 0.4) is 0 Å². The van der Waals surface area contributed by atoms with E-state index >= 15 is 0 Å². The SMILES string of the molecule is COc1cc(CCNC(C)=O)c(OC)c(C)c1C. The standard InChI is InChI=1S/C14H21NO3/c1-9-10(2)14(18-5)12(8-13(9)17-4)6-7-15-11(3)16/h8H,6-7H2,1-5H3,(H,15,16). The minimum absolute atomic E-state index is 0.0234. The van der Waals surface area contributed by atoms with Crippen LogP contribution in [0.2, 0.25) is 0 Å². The highest BCUT2D eigenvalue weighted by molar-refractivity contribution is 5.72. The van der Waals surface area contributed by atoms with Gasteiger partial charge in [0.15, 0.2) is 0 Å². The smallest absolute Gasteiger partial charge is 0.216 e. The van der Waals surface area contributed by atoms with Crippen LogP contribution in [0, 0.1) is 13.8 Å². The molecule has 0 saturated heterocycles. The Morgan fingerprint density at radius 1 is 1.22 bits per heavy atom. The fourth-order valence-electron chi connectivity index (χ4n) is 1.98. The summed E-state index contributed by atoms with van der Waals surface area (Å²) < 4.78 is 10.8. The van der Waals surface area contributed by atoms with E-state index in [1.165, 1.54) is 6.92 Å². The average Bonchev–Trinajstić information content (AvgIpc) is 2.33. The molecule has 0 heterocycles. The number of methoxy groups -OCH3 is 2. The van der Waals surface area contributed by atoms with Crippen molar-refractivity contribution in [3.8, 4) is 11.5 Å². The molecular formula is C14H21NO3. The van der Waals surface area contributed by atoms with Gasteiger partial charge in [0.1, 0.15) is 11.5 Å². The molecule has 0 unspecified atom stereocenters. The Hall–Kier alpha value is -1.71. The first-order chi connectivity index (χ1) is 8.51. The predicted molar refractivity (Wildman–Crippen MR) is 71.4 cm³/mol. The first-order valence-corrected chi connectivity index (χ1v) is 5.96. The van der Waals surface area contributed by atoms with Gasteiger partial charge in [0.05, 0.1) is 14.2 Å². The molecule has 0 aliphatic heterocycles. The normalized spacial score (nSPS) is 10.1. The van der Waals surface area contributed by atoms with Gasteiger partial charge in [0.2, 0.25) is 5.91 Å². The van der Waals surface area contributed by atoms with Crippen LogP contribution in [-0.4, -0.2) is 26.7 Å². The van der Waals surface area contributed by atoms with Gasteiger partial charge in [-0.2, -0.15) is 0 Å². The van der Waals surface area contributed by atoms with Crippen molar-refractivity contribution in [2.45, 2.75) is 27.2 Å². The quantitative estimate of drug-likeness (QED) is 0.870. The zero-order chi connectivity index (χ0) is 13.7. The highest BCUT2D eigenvalue weighted by atomic mass is 16.5. The van der Waals surface area contributed by atoms with Crippen molar-refractivity contribution in [1.29, 1.82) is 0 Å². The third kappa shape index (κ3) is 3.15. The lowest BCUT2D eigenvalue weighted by Gasteiger charge is -2.16. The topological polar surface area (TPSA) is 47.6 Å². The number of nitrogens with one attached hydrogen (secondary N) is 1. The molecule has 0 saturated carbocycles. The van der Waals surface area contributed by atoms with E-state index < -0.39 is 0 Å². The molecule has 0 aliphatic rings. The molecular weight excluding hydrogens is 230 g/mol. The Labute approximate surface area is 108 Å². The molecule has 18 heavy (non-hydrogen) atoms. The molecule has 0 fully saturated rings. The van der Waals surface area contributed by atoms with Crippen LogP contribution in [0.25, 0.3) is 0 Å². The molecule has 0 atom stereocenters. The molecule has 0 radical (unpaired) electrons. The lowest BCUT2D eigenvalue weighted by Crippen LogP contribution is -2.22. The van der Waals surface area contributed by atoms with Crippen LogP contribution in [0.15, 0.2) is 6.07 Å². The fourth-order valence-corrected chi connectivity index (χ4v) is 1.98. The van der Waals surface area contributed by atoms with E-state index in [9.17, 15) is 4.79 Å². The summed E-state index contributed by atoms with van der Waals surface area (Å²) in [5.41, 5.74) is 3.21. The minimum Gasteiger partial charge on any atom is -0.496 e. The minimum atomic E-state index is -0.0234. The van der Waals surface area contributed by atoms with E-state index in [0.717, 1.165) is 34.6 Å². The number of benzene rings is 1. The summed E-state index contributed by atoms with van der Waals surface area (Å²) in [7, 11) is 3.32. The van der Waals surface area contributed by atoms with Crippen LogP contribution < -0.4 is 14.8 Å². The summed E-state index contributed by atoms with van der Waals surface area (Å²) in [5.74, 6) is 1.70. The molecule has 0 bridgehead atoms. The lowest BCUT2D eigenvalue weighted by atomic mass is 10.0. The van der Waals surface area contributed by atoms with Crippen molar-refractivity contribution in [3.63, 3.8) is 0 Å². The zero-order valence-electron chi connectivity index (χ0n) is 11.7. The maximum absolute atomic E-state index is 10.9. The van der Waals surface area contributed by atoms with Gasteiger partial charge in [0.25, 0.3) is 0 Å². The van der Waals surface area contributed by atoms with Crippen molar-refractivity contribution >= 4 is 5.91 Å². The molecule has 4 heteroatoms. The number of carbonyl (C=O) groups excluding carboxylic acids is 1. The Kier molecular flexibility index (Phi) is 5.01. The Morgan fingerprint density at radius 2 is 1.89 bits per heavy atom. The molecule has 1 aromatic rings. The number of hydrogen-bond acceptors (Lipinski definition) is 3. The second-order valence-electron chi connectivity index (χ2n) is 4.25. The van der Waals surface area contributed by atoms with Crippen LogP contribution >= 0.6 is 0 Å². The molecule has 100 valence electrons. The number of carbonyl (C=O) groups is 1. The maximum Gasteiger partial charge on any atom is 0.216 e. The van der Waals surface area contributed by atoms with E-state index in [0.29, 0.717) is 6.54 Å². The first kappa shape index (κ1) is 14.4. The van der Waals surface area contributed by atoms with Crippen LogP contribution in [0.1, 0.15) is 23.6 Å². The first-order valence-electron chi connectivity index (χ1n) is 5.96. The average molecular weight is 251 g/mol. The van der Waals surface area contributed by atoms with Crippen LogP contribution in [-0.2, 0) is 11.2 Å². The molecule has 1 N–H and O–H groups in total. The van der Waals surface area contributed by atoms with Gasteiger partial charge in [-0.15, -0.1) is 0 Å². The Bertz CT molecular complexity index is 441. The number of amides is 1. The molecule has 0 aliphatic carbocycles. The highest BCUT2D eigenvalue weighted by Crippen LogP contribution is 2.33. The van der Waals surface area contributed by atoms with Crippen molar-refractivity contribution in [3.05, 3.63) is 22.8 Å². The van der Waals surface area contributed by atoms with E-state index in [1.54, 1.807) is 14.2 Å². The number of ether oxygens (including phenoxy) is 2. The van der Waals surface area contributed by atoms with Crippen molar-refractivity contribution in [2.24, 2.45) is 0 Å². The van der Waals surface area contributed by atoms with Gasteiger partial charge in [-0.3, -0.25) is 4.79 Å². The van der Waals surface area contributed by atoms with E-state index in [-0.39, 0.29) is 5.91 Å². The highest BCUT2D eigenvalue weighted by Gasteiger charge is 2.13. The monoisotopic (exact) mass is 251 g/mol. The Balaban J connectivity index is 3.01. The zero-order valence-corrected chi connectivity index (χ0v) is 11.7. The lowest BCUT2D eigenvalue weighted by molar-refractivity contribution is -0.118. The molecule has 0 aromatic heterocycles. The van der Waals surface area contributed by atoms with Gasteiger partial charge >= 0.3 is 0 Å². The largest absolute Gasteiger partial charge is 0.496 e. The summed E-state index contributed by atoms with van der Waals surface area (Å²) >= 11 is 0. The molecule has 0 spiro atoms. The summed E-state index contributed by atoms with van der Waals surface area (Å²) in [6.45, 7) is 6.13. The maximum atomic E-state index is 10.9. The van der Waals surface area contributed by atoms with Crippen molar-refractivity contribution < 1.29 is 14.3 Å². The third-order valence-electron chi connectivity index (χ3n) is 3.06. The molecule has 1 rings (SSSR count). The Morgan fingerprint density at radius 3 is 2.39 bits per heavy atom. The van der Waals surface area contributed by atoms with Gasteiger partial charge in [-0.1, -0.05) is 0 Å². The van der Waals surface area contributed by atoms with Crippen LogP contribution in [0.5, 0.6) is 11.5 Å². The van der Waals surface area contributed by atoms with Gasteiger partial charge in [0, 0.05) is 13.5 Å². The third-order valence-corrected chi connectivity index (χ3v) is 3.06. The van der Waals surface area contributed by atoms with Gasteiger partial charge in [-0.05, 0) is 43.0 Å². The van der Waals surface area contributed by atoms with E-state index in [2.05, 4.69) is 5.32 Å². The van der Waals surface area contributed by atoms with Gasteiger partial charge < -0.3 is 14.8 Å². The van der Waals surface area contributed by atoms with E-state index in [4.69, 9.17) is 9.47 Å². The fraction of sp³-hybridized carbons (Fsp3) is 0.500. The summed E-state index contributed by atoms with van der Waals surface area (Å²) in [4.78, 5) is 10.9. The van der Waals surface area contributed by atoms with E-state index in [1.807, 2.05) is 19.9 Å². The summed E-state index contributed by atoms with van der Waals surface area (Å²) in [6, 6.07) is 1.98. The van der Waals surface area contributed by atoms with Crippen LogP contribution in [0.4, 0.5) is 0 Å². The molecule has 1 aromatic carbocycles.